The van der Waals surface area contributed by atoms with Gasteiger partial charge in [-0.15, -0.1) is 0 Å². The standard InChI is InChI=1S/C17H25NO2/c1-11-7-14(10-17(3,4)9-11)20-16(19)15-6-5-13(18)8-12(15)2/h5-6,8,11,14H,7,9-10,18H2,1-4H3. The van der Waals surface area contributed by atoms with E-state index < -0.39 is 0 Å². The summed E-state index contributed by atoms with van der Waals surface area (Å²) in [4.78, 5) is 12.3. The van der Waals surface area contributed by atoms with E-state index in [0.717, 1.165) is 18.4 Å². The SMILES string of the molecule is Cc1cc(N)ccc1C(=O)OC1CC(C)CC(C)(C)C1. The van der Waals surface area contributed by atoms with Crippen LogP contribution in [0.5, 0.6) is 0 Å². The fourth-order valence-electron chi connectivity index (χ4n) is 3.48. The molecule has 0 amide bonds. The molecule has 1 saturated carbocycles. The van der Waals surface area contributed by atoms with Crippen molar-refractivity contribution < 1.29 is 9.53 Å². The van der Waals surface area contributed by atoms with Crippen LogP contribution in [0.1, 0.15) is 56.0 Å². The Labute approximate surface area is 121 Å². The summed E-state index contributed by atoms with van der Waals surface area (Å²) in [5.41, 5.74) is 8.13. The number of carbonyl (C=O) groups excluding carboxylic acids is 1. The maximum absolute atomic E-state index is 12.3. The maximum atomic E-state index is 12.3. The van der Waals surface area contributed by atoms with Gasteiger partial charge in [-0.3, -0.25) is 0 Å². The predicted molar refractivity (Wildman–Crippen MR) is 81.6 cm³/mol. The monoisotopic (exact) mass is 275 g/mol. The van der Waals surface area contributed by atoms with Gasteiger partial charge in [-0.1, -0.05) is 20.8 Å². The van der Waals surface area contributed by atoms with Gasteiger partial charge in [0.15, 0.2) is 0 Å². The second-order valence-corrected chi connectivity index (χ2v) is 7.02. The normalized spacial score (nSPS) is 25.2. The van der Waals surface area contributed by atoms with Gasteiger partial charge in [0, 0.05) is 5.69 Å². The molecule has 0 saturated heterocycles. The molecule has 0 radical (unpaired) electrons. The molecule has 1 aliphatic rings. The average molecular weight is 275 g/mol. The number of hydrogen-bond donors (Lipinski definition) is 1. The molecule has 0 heterocycles. The largest absolute Gasteiger partial charge is 0.459 e. The van der Waals surface area contributed by atoms with Gasteiger partial charge in [0.2, 0.25) is 0 Å². The summed E-state index contributed by atoms with van der Waals surface area (Å²) in [5, 5.41) is 0. The Morgan fingerprint density at radius 1 is 1.35 bits per heavy atom. The van der Waals surface area contributed by atoms with Gasteiger partial charge in [0.25, 0.3) is 0 Å². The Morgan fingerprint density at radius 2 is 2.05 bits per heavy atom. The lowest BCUT2D eigenvalue weighted by Gasteiger charge is -2.38. The van der Waals surface area contributed by atoms with Crippen LogP contribution in [0.4, 0.5) is 5.69 Å². The first kappa shape index (κ1) is 14.9. The molecule has 110 valence electrons. The Bertz CT molecular complexity index is 508. The fraction of sp³-hybridized carbons (Fsp3) is 0.588. The van der Waals surface area contributed by atoms with Crippen molar-refractivity contribution in [2.24, 2.45) is 11.3 Å². The van der Waals surface area contributed by atoms with Gasteiger partial charge >= 0.3 is 5.97 Å². The Kier molecular flexibility index (Phi) is 4.07. The van der Waals surface area contributed by atoms with Gasteiger partial charge in [-0.2, -0.15) is 0 Å². The van der Waals surface area contributed by atoms with E-state index >= 15 is 0 Å². The lowest BCUT2D eigenvalue weighted by atomic mass is 9.71. The number of benzene rings is 1. The zero-order valence-electron chi connectivity index (χ0n) is 12.9. The van der Waals surface area contributed by atoms with Crippen LogP contribution in [0.25, 0.3) is 0 Å². The van der Waals surface area contributed by atoms with E-state index in [1.165, 1.54) is 6.42 Å². The van der Waals surface area contributed by atoms with Gasteiger partial charge in [0.05, 0.1) is 5.56 Å². The molecule has 0 aromatic heterocycles. The molecule has 1 aromatic carbocycles. The van der Waals surface area contributed by atoms with Crippen molar-refractivity contribution in [2.45, 2.75) is 53.1 Å². The van der Waals surface area contributed by atoms with Crippen LogP contribution in [0.2, 0.25) is 0 Å². The molecule has 2 rings (SSSR count). The summed E-state index contributed by atoms with van der Waals surface area (Å²) < 4.78 is 5.72. The Morgan fingerprint density at radius 3 is 2.65 bits per heavy atom. The molecule has 1 aromatic rings. The van der Waals surface area contributed by atoms with Crippen molar-refractivity contribution in [3.8, 4) is 0 Å². The average Bonchev–Trinajstić information content (AvgIpc) is 2.25. The number of nitrogens with two attached hydrogens (primary N) is 1. The van der Waals surface area contributed by atoms with Crippen molar-refractivity contribution in [1.29, 1.82) is 0 Å². The molecule has 0 spiro atoms. The lowest BCUT2D eigenvalue weighted by Crippen LogP contribution is -2.34. The molecule has 3 nitrogen and oxygen atoms in total. The minimum atomic E-state index is -0.225. The third-order valence-corrected chi connectivity index (χ3v) is 4.09. The van der Waals surface area contributed by atoms with Crippen molar-refractivity contribution >= 4 is 11.7 Å². The highest BCUT2D eigenvalue weighted by atomic mass is 16.5. The molecule has 20 heavy (non-hydrogen) atoms. The Balaban J connectivity index is 2.07. The van der Waals surface area contributed by atoms with Crippen LogP contribution in [0, 0.1) is 18.3 Å². The zero-order chi connectivity index (χ0) is 14.9. The minimum absolute atomic E-state index is 0.0261. The van der Waals surface area contributed by atoms with Crippen LogP contribution in [0.3, 0.4) is 0 Å². The first-order valence-corrected chi connectivity index (χ1v) is 7.34. The van der Waals surface area contributed by atoms with Crippen LogP contribution in [0.15, 0.2) is 18.2 Å². The van der Waals surface area contributed by atoms with Gasteiger partial charge in [-0.25, -0.2) is 4.79 Å². The van der Waals surface area contributed by atoms with Gasteiger partial charge in [-0.05, 0) is 61.3 Å². The van der Waals surface area contributed by atoms with Crippen molar-refractivity contribution in [3.05, 3.63) is 29.3 Å². The van der Waals surface area contributed by atoms with Crippen LogP contribution < -0.4 is 5.73 Å². The highest BCUT2D eigenvalue weighted by Crippen LogP contribution is 2.39. The number of esters is 1. The van der Waals surface area contributed by atoms with E-state index in [0.29, 0.717) is 17.2 Å². The topological polar surface area (TPSA) is 52.3 Å². The van der Waals surface area contributed by atoms with Crippen molar-refractivity contribution in [3.63, 3.8) is 0 Å². The predicted octanol–water partition coefficient (Wildman–Crippen LogP) is 3.95. The summed E-state index contributed by atoms with van der Waals surface area (Å²) in [6.45, 7) is 8.62. The summed E-state index contributed by atoms with van der Waals surface area (Å²) in [5.74, 6) is 0.376. The third kappa shape index (κ3) is 3.53. The molecule has 3 heteroatoms. The van der Waals surface area contributed by atoms with Gasteiger partial charge in [0.1, 0.15) is 6.10 Å². The second-order valence-electron chi connectivity index (χ2n) is 7.02. The van der Waals surface area contributed by atoms with E-state index in [4.69, 9.17) is 10.5 Å². The molecular formula is C17H25NO2. The molecule has 2 atom stereocenters. The first-order chi connectivity index (χ1) is 9.27. The summed E-state index contributed by atoms with van der Waals surface area (Å²) in [6.07, 6.45) is 3.13. The van der Waals surface area contributed by atoms with E-state index in [2.05, 4.69) is 20.8 Å². The second kappa shape index (κ2) is 5.47. The summed E-state index contributed by atoms with van der Waals surface area (Å²) >= 11 is 0. The van der Waals surface area contributed by atoms with E-state index in [-0.39, 0.29) is 17.5 Å². The highest BCUT2D eigenvalue weighted by molar-refractivity contribution is 5.91. The summed E-state index contributed by atoms with van der Waals surface area (Å²) in [6, 6.07) is 5.31. The van der Waals surface area contributed by atoms with Gasteiger partial charge < -0.3 is 10.5 Å². The van der Waals surface area contributed by atoms with E-state index in [1.807, 2.05) is 13.0 Å². The highest BCUT2D eigenvalue weighted by Gasteiger charge is 2.34. The lowest BCUT2D eigenvalue weighted by molar-refractivity contribution is -0.00719. The molecular weight excluding hydrogens is 250 g/mol. The van der Waals surface area contributed by atoms with Crippen molar-refractivity contribution in [1.82, 2.24) is 0 Å². The van der Waals surface area contributed by atoms with Crippen LogP contribution in [-0.2, 0) is 4.74 Å². The number of hydrogen-bond acceptors (Lipinski definition) is 3. The molecule has 2 unspecified atom stereocenters. The molecule has 2 N–H and O–H groups in total. The number of nitrogen functional groups attached to an aromatic ring is 1. The number of aryl methyl sites for hydroxylation is 1. The first-order valence-electron chi connectivity index (χ1n) is 7.34. The maximum Gasteiger partial charge on any atom is 0.338 e. The zero-order valence-corrected chi connectivity index (χ0v) is 12.9. The molecule has 1 aliphatic carbocycles. The smallest absolute Gasteiger partial charge is 0.338 e. The summed E-state index contributed by atoms with van der Waals surface area (Å²) in [7, 11) is 0. The number of ether oxygens (including phenoxy) is 1. The molecule has 0 aliphatic heterocycles. The molecule has 1 fully saturated rings. The quantitative estimate of drug-likeness (QED) is 0.657. The Hall–Kier alpha value is -1.51. The number of carbonyl (C=O) groups is 1. The van der Waals surface area contributed by atoms with Crippen molar-refractivity contribution in [2.75, 3.05) is 5.73 Å². The van der Waals surface area contributed by atoms with Crippen LogP contribution in [-0.4, -0.2) is 12.1 Å². The van der Waals surface area contributed by atoms with Crippen LogP contribution >= 0.6 is 0 Å². The van der Waals surface area contributed by atoms with E-state index in [1.54, 1.807) is 12.1 Å². The number of rotatable bonds is 2. The number of anilines is 1. The fourth-order valence-corrected chi connectivity index (χ4v) is 3.48. The molecule has 0 bridgehead atoms. The van der Waals surface area contributed by atoms with E-state index in [9.17, 15) is 4.79 Å². The minimum Gasteiger partial charge on any atom is -0.459 e. The third-order valence-electron chi connectivity index (χ3n) is 4.09.